The molecule has 0 bridgehead atoms. The molecular formula is C22H38N4O9S. The van der Waals surface area contributed by atoms with Crippen LogP contribution in [0.15, 0.2) is 0 Å². The predicted molar refractivity (Wildman–Crippen MR) is 132 cm³/mol. The molecule has 7 N–H and O–H groups in total. The standard InChI is InChI=1S/C22H38N4O9S/c1-14(27)26-15(21(33)34)6-7-18(30)36-12-11-24-16(28)8-10-25-20(32)19(31)22(2,3)13-35-17(29)5-4-9-23/h15,19,31H,4-13,23H2,1-3H3,(H,24,28)(H,25,32)(H,26,27)(H,33,34)/t15-,19-/m0/s1. The van der Waals surface area contributed by atoms with Crippen LogP contribution in [0.1, 0.15) is 52.9 Å². The molecule has 0 unspecified atom stereocenters. The van der Waals surface area contributed by atoms with E-state index < -0.39 is 41.3 Å². The van der Waals surface area contributed by atoms with Crippen molar-refractivity contribution in [3.63, 3.8) is 0 Å². The maximum absolute atomic E-state index is 12.2. The van der Waals surface area contributed by atoms with E-state index in [0.717, 1.165) is 11.8 Å². The third-order valence-corrected chi connectivity index (χ3v) is 5.76. The fourth-order valence-electron chi connectivity index (χ4n) is 2.70. The minimum absolute atomic E-state index is 0.0279. The van der Waals surface area contributed by atoms with Crippen molar-refractivity contribution in [3.8, 4) is 0 Å². The number of thioether (sulfide) groups is 1. The zero-order valence-corrected chi connectivity index (χ0v) is 21.8. The van der Waals surface area contributed by atoms with E-state index in [2.05, 4.69) is 16.0 Å². The number of rotatable bonds is 18. The Morgan fingerprint density at radius 3 is 2.28 bits per heavy atom. The van der Waals surface area contributed by atoms with Crippen LogP contribution in [0.4, 0.5) is 0 Å². The van der Waals surface area contributed by atoms with Gasteiger partial charge < -0.3 is 36.6 Å². The Kier molecular flexibility index (Phi) is 16.3. The first-order chi connectivity index (χ1) is 16.8. The number of carbonyl (C=O) groups is 6. The summed E-state index contributed by atoms with van der Waals surface area (Å²) in [7, 11) is 0. The molecule has 0 spiro atoms. The summed E-state index contributed by atoms with van der Waals surface area (Å²) in [4.78, 5) is 69.6. The van der Waals surface area contributed by atoms with Crippen LogP contribution in [-0.4, -0.2) is 89.1 Å². The highest BCUT2D eigenvalue weighted by molar-refractivity contribution is 8.13. The summed E-state index contributed by atoms with van der Waals surface area (Å²) in [5.41, 5.74) is 4.29. The number of ether oxygens (including phenoxy) is 1. The van der Waals surface area contributed by atoms with Gasteiger partial charge in [-0.1, -0.05) is 25.6 Å². The van der Waals surface area contributed by atoms with Gasteiger partial charge in [-0.3, -0.25) is 24.0 Å². The molecule has 0 rings (SSSR count). The molecule has 0 aromatic carbocycles. The van der Waals surface area contributed by atoms with Crippen molar-refractivity contribution in [1.29, 1.82) is 0 Å². The van der Waals surface area contributed by atoms with Crippen LogP contribution in [0, 0.1) is 5.41 Å². The lowest BCUT2D eigenvalue weighted by Crippen LogP contribution is -2.47. The van der Waals surface area contributed by atoms with Gasteiger partial charge in [0.05, 0.1) is 6.61 Å². The van der Waals surface area contributed by atoms with Gasteiger partial charge in [-0.15, -0.1) is 0 Å². The first-order valence-corrected chi connectivity index (χ1v) is 12.5. The second-order valence-corrected chi connectivity index (χ2v) is 9.84. The number of esters is 1. The third-order valence-electron chi connectivity index (χ3n) is 4.83. The molecule has 206 valence electrons. The summed E-state index contributed by atoms with van der Waals surface area (Å²) in [6, 6.07) is -1.14. The summed E-state index contributed by atoms with van der Waals surface area (Å²) < 4.78 is 5.08. The van der Waals surface area contributed by atoms with Crippen LogP contribution in [0.25, 0.3) is 0 Å². The third kappa shape index (κ3) is 15.3. The molecule has 0 aliphatic carbocycles. The van der Waals surface area contributed by atoms with Gasteiger partial charge in [-0.25, -0.2) is 4.79 Å². The molecule has 3 amide bonds. The average Bonchev–Trinajstić information content (AvgIpc) is 2.80. The van der Waals surface area contributed by atoms with Crippen molar-refractivity contribution >= 4 is 46.5 Å². The minimum atomic E-state index is -1.46. The molecule has 0 aliphatic heterocycles. The number of nitrogens with two attached hydrogens (primary N) is 1. The normalized spacial score (nSPS) is 12.7. The summed E-state index contributed by atoms with van der Waals surface area (Å²) in [5, 5.41) is 26.3. The summed E-state index contributed by atoms with van der Waals surface area (Å²) in [6.07, 6.45) is -0.966. The van der Waals surface area contributed by atoms with E-state index in [9.17, 15) is 33.9 Å². The number of amides is 3. The Morgan fingerprint density at radius 1 is 1.03 bits per heavy atom. The van der Waals surface area contributed by atoms with Gasteiger partial charge in [0.1, 0.15) is 12.1 Å². The molecule has 2 atom stereocenters. The largest absolute Gasteiger partial charge is 0.480 e. The molecule has 0 aromatic heterocycles. The van der Waals surface area contributed by atoms with Crippen molar-refractivity contribution in [2.75, 3.05) is 32.0 Å². The zero-order valence-electron chi connectivity index (χ0n) is 21.0. The second kappa shape index (κ2) is 17.7. The second-order valence-electron chi connectivity index (χ2n) is 8.69. The summed E-state index contributed by atoms with van der Waals surface area (Å²) >= 11 is 0.933. The van der Waals surface area contributed by atoms with Crippen LogP contribution < -0.4 is 21.7 Å². The number of aliphatic hydroxyl groups excluding tert-OH is 1. The van der Waals surface area contributed by atoms with Crippen LogP contribution >= 0.6 is 11.8 Å². The molecule has 36 heavy (non-hydrogen) atoms. The van der Waals surface area contributed by atoms with Crippen molar-refractivity contribution in [2.24, 2.45) is 11.1 Å². The van der Waals surface area contributed by atoms with Crippen molar-refractivity contribution < 1.29 is 43.7 Å². The molecule has 0 heterocycles. The minimum Gasteiger partial charge on any atom is -0.480 e. The van der Waals surface area contributed by atoms with E-state index in [-0.39, 0.29) is 62.2 Å². The highest BCUT2D eigenvalue weighted by Crippen LogP contribution is 2.21. The fraction of sp³-hybridized carbons (Fsp3) is 0.727. The van der Waals surface area contributed by atoms with Crippen LogP contribution in [0.3, 0.4) is 0 Å². The number of nitrogens with one attached hydrogen (secondary N) is 3. The smallest absolute Gasteiger partial charge is 0.326 e. The van der Waals surface area contributed by atoms with Crippen LogP contribution in [-0.2, 0) is 33.5 Å². The lowest BCUT2D eigenvalue weighted by Gasteiger charge is -2.29. The number of hydrogen-bond acceptors (Lipinski definition) is 10. The first-order valence-electron chi connectivity index (χ1n) is 11.5. The lowest BCUT2D eigenvalue weighted by atomic mass is 9.87. The maximum Gasteiger partial charge on any atom is 0.326 e. The zero-order chi connectivity index (χ0) is 27.7. The van der Waals surface area contributed by atoms with Gasteiger partial charge >= 0.3 is 11.9 Å². The Morgan fingerprint density at radius 2 is 1.69 bits per heavy atom. The molecule has 0 radical (unpaired) electrons. The lowest BCUT2D eigenvalue weighted by molar-refractivity contribution is -0.153. The molecule has 14 heteroatoms. The number of carbonyl (C=O) groups excluding carboxylic acids is 5. The van der Waals surface area contributed by atoms with Crippen LogP contribution in [0.5, 0.6) is 0 Å². The molecule has 0 saturated carbocycles. The summed E-state index contributed by atoms with van der Waals surface area (Å²) in [5.74, 6) is -2.99. The predicted octanol–water partition coefficient (Wildman–Crippen LogP) is -1.09. The monoisotopic (exact) mass is 534 g/mol. The van der Waals surface area contributed by atoms with Gasteiger partial charge in [-0.2, -0.15) is 0 Å². The maximum atomic E-state index is 12.2. The molecule has 13 nitrogen and oxygen atoms in total. The van der Waals surface area contributed by atoms with E-state index in [1.54, 1.807) is 13.8 Å². The fourth-order valence-corrected chi connectivity index (χ4v) is 3.39. The molecule has 0 saturated heterocycles. The van der Waals surface area contributed by atoms with E-state index in [0.29, 0.717) is 13.0 Å². The number of aliphatic carboxylic acids is 1. The molecule has 0 aromatic rings. The average molecular weight is 535 g/mol. The first kappa shape index (κ1) is 33.3. The van der Waals surface area contributed by atoms with Crippen molar-refractivity contribution in [3.05, 3.63) is 0 Å². The molecule has 0 aliphatic rings. The van der Waals surface area contributed by atoms with Crippen molar-refractivity contribution in [2.45, 2.75) is 65.0 Å². The quantitative estimate of drug-likeness (QED) is 0.0917. The molecule has 0 fully saturated rings. The van der Waals surface area contributed by atoms with Gasteiger partial charge in [0, 0.05) is 50.4 Å². The van der Waals surface area contributed by atoms with Gasteiger partial charge in [0.15, 0.2) is 5.12 Å². The summed E-state index contributed by atoms with van der Waals surface area (Å²) in [6.45, 7) is 4.68. The van der Waals surface area contributed by atoms with Gasteiger partial charge in [0.25, 0.3) is 0 Å². The Balaban J connectivity index is 4.14. The topological polar surface area (TPSA) is 214 Å². The number of carboxylic acid groups (broad SMARTS) is 1. The SMILES string of the molecule is CC(=O)N[C@@H](CCC(=O)SCCNC(=O)CCNC(=O)[C@H](O)C(C)(C)COC(=O)CCCN)C(=O)O. The highest BCUT2D eigenvalue weighted by atomic mass is 32.2. The number of carboxylic acids is 1. The Labute approximate surface area is 214 Å². The van der Waals surface area contributed by atoms with E-state index in [1.165, 1.54) is 6.92 Å². The Bertz CT molecular complexity index is 777. The van der Waals surface area contributed by atoms with E-state index in [1.807, 2.05) is 0 Å². The van der Waals surface area contributed by atoms with E-state index in [4.69, 9.17) is 15.6 Å². The number of aliphatic hydroxyl groups is 1. The highest BCUT2D eigenvalue weighted by Gasteiger charge is 2.34. The van der Waals surface area contributed by atoms with Gasteiger partial charge in [-0.05, 0) is 19.4 Å². The van der Waals surface area contributed by atoms with Crippen LogP contribution in [0.2, 0.25) is 0 Å². The van der Waals surface area contributed by atoms with Crippen molar-refractivity contribution in [1.82, 2.24) is 16.0 Å². The molecular weight excluding hydrogens is 496 g/mol. The number of hydrogen-bond donors (Lipinski definition) is 6. The van der Waals surface area contributed by atoms with Gasteiger partial charge in [0.2, 0.25) is 17.7 Å². The Hall–Kier alpha value is -2.71. The van der Waals surface area contributed by atoms with E-state index >= 15 is 0 Å².